The standard InChI is InChI=1S/C18H22O5S.Na/c1-18-9-8-14-13-5-3-12(21-24-23-22-20)10-11(13)2-4-15(14)16(18)6-7-17(18)19;/h2,4,12,16,20H,3,5-10H2,1H3;/q;+1/p-1/t12-,16?,18?;/m1./s1. The minimum Gasteiger partial charge on any atom is -0.691 e. The third kappa shape index (κ3) is 3.48. The Morgan fingerprint density at radius 1 is 1.20 bits per heavy atom. The summed E-state index contributed by atoms with van der Waals surface area (Å²) in [6.07, 6.45) is 6.42. The van der Waals surface area contributed by atoms with Crippen LogP contribution in [0.5, 0.6) is 0 Å². The minimum atomic E-state index is -0.145. The smallest absolute Gasteiger partial charge is 0.691 e. The molecule has 25 heavy (non-hydrogen) atoms. The summed E-state index contributed by atoms with van der Waals surface area (Å²) in [6.45, 7) is 2.16. The van der Waals surface area contributed by atoms with E-state index in [0.717, 1.165) is 44.9 Å². The summed E-state index contributed by atoms with van der Waals surface area (Å²) in [5.41, 5.74) is 5.52. The van der Waals surface area contributed by atoms with Gasteiger partial charge in [-0.25, -0.2) is 0 Å². The summed E-state index contributed by atoms with van der Waals surface area (Å²) in [5, 5.41) is 13.1. The van der Waals surface area contributed by atoms with Crippen molar-refractivity contribution in [2.24, 2.45) is 5.41 Å². The maximum atomic E-state index is 12.3. The molecule has 3 atom stereocenters. The van der Waals surface area contributed by atoms with Crippen LogP contribution in [0.1, 0.15) is 60.8 Å². The zero-order chi connectivity index (χ0) is 16.7. The van der Waals surface area contributed by atoms with Crippen LogP contribution in [0.3, 0.4) is 0 Å². The zero-order valence-electron chi connectivity index (χ0n) is 14.7. The van der Waals surface area contributed by atoms with Crippen LogP contribution in [0, 0.1) is 5.41 Å². The first kappa shape index (κ1) is 19.8. The second-order valence-electron chi connectivity index (χ2n) is 7.37. The first-order valence-corrected chi connectivity index (χ1v) is 9.25. The van der Waals surface area contributed by atoms with Gasteiger partial charge in [-0.15, -0.1) is 4.33 Å². The summed E-state index contributed by atoms with van der Waals surface area (Å²) >= 11 is 0.603. The van der Waals surface area contributed by atoms with Gasteiger partial charge in [0.15, 0.2) is 12.3 Å². The van der Waals surface area contributed by atoms with Crippen LogP contribution in [0.2, 0.25) is 0 Å². The van der Waals surface area contributed by atoms with Gasteiger partial charge in [0.05, 0.1) is 6.10 Å². The molecule has 3 aliphatic rings. The maximum absolute atomic E-state index is 12.3. The van der Waals surface area contributed by atoms with E-state index in [9.17, 15) is 10.1 Å². The van der Waals surface area contributed by atoms with Crippen molar-refractivity contribution in [1.82, 2.24) is 0 Å². The fourth-order valence-corrected chi connectivity index (χ4v) is 5.30. The van der Waals surface area contributed by atoms with E-state index in [1.54, 1.807) is 0 Å². The van der Waals surface area contributed by atoms with Gasteiger partial charge in [-0.1, -0.05) is 19.1 Å². The van der Waals surface area contributed by atoms with Gasteiger partial charge in [-0.05, 0) is 60.3 Å². The summed E-state index contributed by atoms with van der Waals surface area (Å²) < 4.78 is 9.64. The number of benzene rings is 1. The summed E-state index contributed by atoms with van der Waals surface area (Å²) in [4.78, 5) is 12.3. The van der Waals surface area contributed by atoms with Crippen LogP contribution in [0.15, 0.2) is 12.1 Å². The van der Waals surface area contributed by atoms with E-state index in [2.05, 4.69) is 28.4 Å². The molecule has 1 saturated carbocycles. The molecule has 130 valence electrons. The van der Waals surface area contributed by atoms with E-state index in [4.69, 9.17) is 4.18 Å². The molecule has 0 aliphatic heterocycles. The molecule has 0 spiro atoms. The van der Waals surface area contributed by atoms with Crippen LogP contribution >= 0.6 is 12.3 Å². The number of fused-ring (bicyclic) bond motifs is 5. The zero-order valence-corrected chi connectivity index (χ0v) is 17.5. The monoisotopic (exact) mass is 372 g/mol. The molecule has 0 bridgehead atoms. The van der Waals surface area contributed by atoms with Crippen molar-refractivity contribution in [2.75, 3.05) is 0 Å². The van der Waals surface area contributed by atoms with E-state index in [0.29, 0.717) is 24.0 Å². The predicted octanol–water partition coefficient (Wildman–Crippen LogP) is -0.250. The summed E-state index contributed by atoms with van der Waals surface area (Å²) in [5.74, 6) is 0.841. The van der Waals surface area contributed by atoms with Crippen molar-refractivity contribution in [1.29, 1.82) is 0 Å². The van der Waals surface area contributed by atoms with Crippen molar-refractivity contribution < 1.29 is 53.2 Å². The Morgan fingerprint density at radius 3 is 2.84 bits per heavy atom. The van der Waals surface area contributed by atoms with Gasteiger partial charge < -0.3 is 5.26 Å². The van der Waals surface area contributed by atoms with E-state index in [1.165, 1.54) is 22.3 Å². The molecule has 4 rings (SSSR count). The molecule has 3 aliphatic carbocycles. The van der Waals surface area contributed by atoms with Gasteiger partial charge in [0.2, 0.25) is 0 Å². The van der Waals surface area contributed by atoms with Crippen molar-refractivity contribution >= 4 is 18.1 Å². The Labute approximate surface area is 174 Å². The maximum Gasteiger partial charge on any atom is 1.00 e. The third-order valence-corrected chi connectivity index (χ3v) is 6.76. The fourth-order valence-electron chi connectivity index (χ4n) is 4.97. The average Bonchev–Trinajstić information content (AvgIpc) is 2.90. The van der Waals surface area contributed by atoms with Gasteiger partial charge in [0.25, 0.3) is 0 Å². The van der Waals surface area contributed by atoms with Crippen molar-refractivity contribution in [3.05, 3.63) is 34.4 Å². The van der Waals surface area contributed by atoms with E-state index >= 15 is 0 Å². The molecule has 0 aromatic heterocycles. The number of ketones is 1. The van der Waals surface area contributed by atoms with Crippen molar-refractivity contribution in [3.63, 3.8) is 0 Å². The number of carbonyl (C=O) groups is 1. The Hall–Kier alpha value is 0.0800. The van der Waals surface area contributed by atoms with Crippen molar-refractivity contribution in [3.8, 4) is 0 Å². The van der Waals surface area contributed by atoms with Crippen molar-refractivity contribution in [2.45, 2.75) is 63.9 Å². The second kappa shape index (κ2) is 7.98. The number of hydrogen-bond acceptors (Lipinski definition) is 6. The van der Waals surface area contributed by atoms with E-state index in [1.807, 2.05) is 0 Å². The Balaban J connectivity index is 0.00000182. The van der Waals surface area contributed by atoms with E-state index in [-0.39, 0.29) is 41.1 Å². The first-order valence-electron chi connectivity index (χ1n) is 8.59. The molecule has 0 N–H and O–H groups in total. The molecule has 1 fully saturated rings. The van der Waals surface area contributed by atoms with Crippen LogP contribution in [0.25, 0.3) is 0 Å². The molecule has 0 radical (unpaired) electrons. The predicted molar refractivity (Wildman–Crippen MR) is 86.5 cm³/mol. The largest absolute Gasteiger partial charge is 1.00 e. The van der Waals surface area contributed by atoms with E-state index < -0.39 is 0 Å². The molecule has 2 unspecified atom stereocenters. The molecule has 5 nitrogen and oxygen atoms in total. The van der Waals surface area contributed by atoms with Crippen LogP contribution in [-0.2, 0) is 37.6 Å². The quantitative estimate of drug-likeness (QED) is 0.239. The normalized spacial score (nSPS) is 30.2. The third-order valence-electron chi connectivity index (χ3n) is 6.30. The molecular weight excluding hydrogens is 351 g/mol. The van der Waals surface area contributed by atoms with Gasteiger partial charge in [-0.2, -0.15) is 0 Å². The molecule has 7 heteroatoms. The minimum absolute atomic E-state index is 0. The molecule has 0 heterocycles. The molecule has 1 aromatic carbocycles. The number of Topliss-reactive ketones (excluding diaryl/α,β-unsaturated/α-hetero) is 1. The first-order chi connectivity index (χ1) is 11.6. The average molecular weight is 372 g/mol. The Bertz CT molecular complexity index is 667. The fraction of sp³-hybridized carbons (Fsp3) is 0.611. The van der Waals surface area contributed by atoms with Crippen LogP contribution in [0.4, 0.5) is 0 Å². The number of rotatable bonds is 4. The number of carbonyl (C=O) groups excluding carboxylic acids is 1. The van der Waals surface area contributed by atoms with Gasteiger partial charge in [0.1, 0.15) is 5.78 Å². The molecular formula is C18H21NaO5S. The van der Waals surface area contributed by atoms with Crippen LogP contribution in [-0.4, -0.2) is 11.9 Å². The van der Waals surface area contributed by atoms with Gasteiger partial charge in [-0.3, -0.25) is 14.0 Å². The van der Waals surface area contributed by atoms with Crippen LogP contribution < -0.4 is 34.8 Å². The molecule has 0 saturated heterocycles. The van der Waals surface area contributed by atoms with Gasteiger partial charge in [0, 0.05) is 18.3 Å². The van der Waals surface area contributed by atoms with Gasteiger partial charge >= 0.3 is 29.6 Å². The SMILES string of the molecule is CC12CCc3c(ccc4c3CC[C@@H](OSOO[O-])C4)C1CCC2=O.[Na+]. The Morgan fingerprint density at radius 2 is 2.04 bits per heavy atom. The molecule has 1 aromatic rings. The summed E-state index contributed by atoms with van der Waals surface area (Å²) in [7, 11) is 0. The topological polar surface area (TPSA) is 67.8 Å². The number of hydrogen-bond donors (Lipinski definition) is 0. The summed E-state index contributed by atoms with van der Waals surface area (Å²) in [6, 6.07) is 4.44. The Kier molecular flexibility index (Phi) is 6.33. The molecule has 0 amide bonds. The second-order valence-corrected chi connectivity index (χ2v) is 7.83.